The van der Waals surface area contributed by atoms with Crippen molar-refractivity contribution in [2.75, 3.05) is 6.26 Å². The van der Waals surface area contributed by atoms with Crippen molar-refractivity contribution in [1.82, 2.24) is 9.97 Å². The van der Waals surface area contributed by atoms with Gasteiger partial charge in [-0.15, -0.1) is 0 Å². The van der Waals surface area contributed by atoms with Gasteiger partial charge in [-0.1, -0.05) is 11.8 Å². The second-order valence-electron chi connectivity index (χ2n) is 5.29. The molecule has 0 aliphatic carbocycles. The zero-order chi connectivity index (χ0) is 19.4. The number of thioether (sulfide) groups is 1. The minimum absolute atomic E-state index is 0.0216. The number of H-pyrrole nitrogens is 1. The fraction of sp³-hybridized carbons (Fsp3) is 0.0556. The third-order valence-electron chi connectivity index (χ3n) is 3.61. The highest BCUT2D eigenvalue weighted by Gasteiger charge is 2.13. The van der Waals surface area contributed by atoms with E-state index in [9.17, 15) is 20.2 Å². The van der Waals surface area contributed by atoms with E-state index in [2.05, 4.69) is 9.97 Å². The van der Waals surface area contributed by atoms with Crippen molar-refractivity contribution >= 4 is 17.4 Å². The summed E-state index contributed by atoms with van der Waals surface area (Å²) in [6.07, 6.45) is 1.77. The first-order valence-electron chi connectivity index (χ1n) is 7.63. The van der Waals surface area contributed by atoms with Crippen LogP contribution in [0.2, 0.25) is 0 Å². The monoisotopic (exact) mass is 380 g/mol. The minimum atomic E-state index is -0.488. The Hall–Kier alpha value is -3.64. The van der Waals surface area contributed by atoms with Gasteiger partial charge in [-0.25, -0.2) is 4.98 Å². The van der Waals surface area contributed by atoms with Gasteiger partial charge >= 0.3 is 0 Å². The molecule has 0 amide bonds. The molecule has 0 saturated carbocycles. The fourth-order valence-corrected chi connectivity index (χ4v) is 2.69. The number of nitro groups is 1. The van der Waals surface area contributed by atoms with Gasteiger partial charge in [0.2, 0.25) is 0 Å². The van der Waals surface area contributed by atoms with E-state index < -0.39 is 10.5 Å². The number of nitrogens with zero attached hydrogens (tertiary/aromatic N) is 3. The second-order valence-corrected chi connectivity index (χ2v) is 6.08. The minimum Gasteiger partial charge on any atom is -0.457 e. The molecule has 1 aromatic heterocycles. The molecule has 1 N–H and O–H groups in total. The van der Waals surface area contributed by atoms with Crippen LogP contribution in [0.15, 0.2) is 58.5 Å². The maximum absolute atomic E-state index is 12.0. The average Bonchev–Trinajstić information content (AvgIpc) is 2.68. The van der Waals surface area contributed by atoms with Crippen molar-refractivity contribution in [3.8, 4) is 28.8 Å². The van der Waals surface area contributed by atoms with Gasteiger partial charge in [0.15, 0.2) is 5.16 Å². The van der Waals surface area contributed by atoms with E-state index in [-0.39, 0.29) is 11.3 Å². The van der Waals surface area contributed by atoms with Crippen LogP contribution in [0.3, 0.4) is 0 Å². The lowest BCUT2D eigenvalue weighted by Crippen LogP contribution is -2.14. The van der Waals surface area contributed by atoms with E-state index in [1.54, 1.807) is 30.5 Å². The molecule has 0 aliphatic rings. The molecular weight excluding hydrogens is 368 g/mol. The molecule has 3 rings (SSSR count). The van der Waals surface area contributed by atoms with E-state index in [0.717, 1.165) is 0 Å². The normalized spacial score (nSPS) is 10.2. The van der Waals surface area contributed by atoms with Crippen LogP contribution in [0, 0.1) is 21.4 Å². The highest BCUT2D eigenvalue weighted by atomic mass is 32.2. The predicted molar refractivity (Wildman–Crippen MR) is 100.0 cm³/mol. The number of hydrogen-bond acceptors (Lipinski definition) is 7. The van der Waals surface area contributed by atoms with Gasteiger partial charge in [-0.2, -0.15) is 5.26 Å². The van der Waals surface area contributed by atoms with Crippen molar-refractivity contribution < 1.29 is 9.66 Å². The maximum atomic E-state index is 12.0. The standard InChI is InChI=1S/C18H12N4O4S/c1-27-18-20-16(15(10-19)17(23)21-18)11-2-6-13(7-3-11)26-14-8-4-12(5-9-14)22(24)25/h2-9H,1H3,(H,20,21,23). The fourth-order valence-electron chi connectivity index (χ4n) is 2.31. The summed E-state index contributed by atoms with van der Waals surface area (Å²) in [6, 6.07) is 14.3. The lowest BCUT2D eigenvalue weighted by Gasteiger charge is -2.08. The zero-order valence-electron chi connectivity index (χ0n) is 14.0. The Balaban J connectivity index is 1.88. The van der Waals surface area contributed by atoms with Crippen LogP contribution in [-0.2, 0) is 0 Å². The number of nitrogens with one attached hydrogen (secondary N) is 1. The smallest absolute Gasteiger partial charge is 0.270 e. The van der Waals surface area contributed by atoms with Crippen LogP contribution in [-0.4, -0.2) is 21.1 Å². The number of ether oxygens (including phenoxy) is 1. The summed E-state index contributed by atoms with van der Waals surface area (Å²) < 4.78 is 5.65. The summed E-state index contributed by atoms with van der Waals surface area (Å²) in [5.41, 5.74) is 0.332. The molecule has 0 aliphatic heterocycles. The number of non-ortho nitro benzene ring substituents is 1. The summed E-state index contributed by atoms with van der Waals surface area (Å²) in [5.74, 6) is 0.950. The Morgan fingerprint density at radius 1 is 1.15 bits per heavy atom. The highest BCUT2D eigenvalue weighted by Crippen LogP contribution is 2.27. The molecule has 0 radical (unpaired) electrons. The highest BCUT2D eigenvalue weighted by molar-refractivity contribution is 7.98. The Bertz CT molecular complexity index is 1090. The Labute approximate surface area is 157 Å². The summed E-state index contributed by atoms with van der Waals surface area (Å²) >= 11 is 1.27. The van der Waals surface area contributed by atoms with Gasteiger partial charge in [-0.3, -0.25) is 14.9 Å². The van der Waals surface area contributed by atoms with E-state index in [1.165, 1.54) is 36.0 Å². The van der Waals surface area contributed by atoms with Gasteiger partial charge in [0.1, 0.15) is 23.1 Å². The molecule has 0 saturated heterocycles. The molecular formula is C18H12N4O4S. The van der Waals surface area contributed by atoms with Crippen molar-refractivity contribution in [1.29, 1.82) is 5.26 Å². The molecule has 0 unspecified atom stereocenters. The molecule has 9 heteroatoms. The van der Waals surface area contributed by atoms with Crippen LogP contribution < -0.4 is 10.3 Å². The van der Waals surface area contributed by atoms with E-state index in [1.807, 2.05) is 6.07 Å². The first-order chi connectivity index (χ1) is 13.0. The molecule has 3 aromatic rings. The van der Waals surface area contributed by atoms with Crippen molar-refractivity contribution in [3.63, 3.8) is 0 Å². The molecule has 0 fully saturated rings. The zero-order valence-corrected chi connectivity index (χ0v) is 14.8. The summed E-state index contributed by atoms with van der Waals surface area (Å²) in [6.45, 7) is 0. The van der Waals surface area contributed by atoms with Crippen LogP contribution in [0.1, 0.15) is 5.56 Å². The number of benzene rings is 2. The predicted octanol–water partition coefficient (Wildman–Crippen LogP) is 3.73. The van der Waals surface area contributed by atoms with Crippen molar-refractivity contribution in [2.45, 2.75) is 5.16 Å². The summed E-state index contributed by atoms with van der Waals surface area (Å²) in [4.78, 5) is 29.1. The molecule has 8 nitrogen and oxygen atoms in total. The van der Waals surface area contributed by atoms with Crippen LogP contribution in [0.25, 0.3) is 11.3 Å². The third kappa shape index (κ3) is 3.96. The van der Waals surface area contributed by atoms with Gasteiger partial charge in [0, 0.05) is 17.7 Å². The quantitative estimate of drug-likeness (QED) is 0.310. The number of hydrogen-bond donors (Lipinski definition) is 1. The summed E-state index contributed by atoms with van der Waals surface area (Å²) in [7, 11) is 0. The van der Waals surface area contributed by atoms with Crippen LogP contribution >= 0.6 is 11.8 Å². The molecule has 0 atom stereocenters. The van der Waals surface area contributed by atoms with Crippen LogP contribution in [0.5, 0.6) is 11.5 Å². The first kappa shape index (κ1) is 18.2. The number of aromatic nitrogens is 2. The van der Waals surface area contributed by atoms with Gasteiger partial charge < -0.3 is 9.72 Å². The van der Waals surface area contributed by atoms with Crippen LogP contribution in [0.4, 0.5) is 5.69 Å². The van der Waals surface area contributed by atoms with Gasteiger partial charge in [0.05, 0.1) is 10.6 Å². The first-order valence-corrected chi connectivity index (χ1v) is 8.85. The number of aromatic amines is 1. The average molecular weight is 380 g/mol. The molecule has 27 heavy (non-hydrogen) atoms. The molecule has 0 spiro atoms. The van der Waals surface area contributed by atoms with Crippen molar-refractivity contribution in [2.24, 2.45) is 0 Å². The molecule has 2 aromatic carbocycles. The Kier molecular flexibility index (Phi) is 5.19. The molecule has 1 heterocycles. The molecule has 0 bridgehead atoms. The van der Waals surface area contributed by atoms with E-state index in [0.29, 0.717) is 27.9 Å². The lowest BCUT2D eigenvalue weighted by atomic mass is 10.1. The Morgan fingerprint density at radius 2 is 1.74 bits per heavy atom. The van der Waals surface area contributed by atoms with E-state index in [4.69, 9.17) is 4.74 Å². The number of nitro benzene ring substituents is 1. The van der Waals surface area contributed by atoms with Gasteiger partial charge in [0.25, 0.3) is 11.2 Å². The van der Waals surface area contributed by atoms with Gasteiger partial charge in [-0.05, 0) is 42.7 Å². The number of nitriles is 1. The maximum Gasteiger partial charge on any atom is 0.270 e. The topological polar surface area (TPSA) is 122 Å². The second kappa shape index (κ2) is 7.72. The van der Waals surface area contributed by atoms with Crippen molar-refractivity contribution in [3.05, 3.63) is 74.6 Å². The van der Waals surface area contributed by atoms with E-state index >= 15 is 0 Å². The summed E-state index contributed by atoms with van der Waals surface area (Å²) in [5, 5.41) is 20.3. The SMILES string of the molecule is CSc1nc(-c2ccc(Oc3ccc([N+](=O)[O-])cc3)cc2)c(C#N)c(=O)[nH]1. The largest absolute Gasteiger partial charge is 0.457 e. The number of rotatable bonds is 5. The Morgan fingerprint density at radius 3 is 2.26 bits per heavy atom. The molecule has 134 valence electrons. The lowest BCUT2D eigenvalue weighted by molar-refractivity contribution is -0.384. The third-order valence-corrected chi connectivity index (χ3v) is 4.19.